The van der Waals surface area contributed by atoms with Crippen molar-refractivity contribution < 1.29 is 9.53 Å². The van der Waals surface area contributed by atoms with Crippen LogP contribution in [0.25, 0.3) is 11.1 Å². The number of hydrazone groups is 1. The van der Waals surface area contributed by atoms with E-state index < -0.39 is 0 Å². The van der Waals surface area contributed by atoms with E-state index in [1.54, 1.807) is 41.8 Å². The van der Waals surface area contributed by atoms with Crippen LogP contribution in [0, 0.1) is 18.3 Å². The number of ether oxygens (including phenoxy) is 1. The van der Waals surface area contributed by atoms with Crippen LogP contribution in [0.5, 0.6) is 5.75 Å². The topological polar surface area (TPSA) is 74.5 Å². The zero-order chi connectivity index (χ0) is 19.1. The van der Waals surface area contributed by atoms with E-state index >= 15 is 0 Å². The van der Waals surface area contributed by atoms with E-state index in [1.807, 2.05) is 42.6 Å². The lowest BCUT2D eigenvalue weighted by Crippen LogP contribution is -2.24. The van der Waals surface area contributed by atoms with Gasteiger partial charge >= 0.3 is 0 Å². The molecule has 0 aliphatic rings. The van der Waals surface area contributed by atoms with E-state index in [9.17, 15) is 4.79 Å². The molecule has 1 aromatic heterocycles. The number of nitriles is 1. The van der Waals surface area contributed by atoms with Gasteiger partial charge in [0.15, 0.2) is 6.61 Å². The molecule has 0 aliphatic carbocycles. The fraction of sp³-hybridized carbons (Fsp3) is 0.0952. The van der Waals surface area contributed by atoms with Crippen LogP contribution < -0.4 is 10.2 Å². The Morgan fingerprint density at radius 2 is 1.81 bits per heavy atom. The SMILES string of the molecule is Cc1ccsc1C=NNC(=O)COc1ccc(-c2ccc(C#N)cc2)cc1. The van der Waals surface area contributed by atoms with Gasteiger partial charge in [-0.25, -0.2) is 5.43 Å². The molecule has 0 aliphatic heterocycles. The van der Waals surface area contributed by atoms with Crippen molar-refractivity contribution in [3.05, 3.63) is 76.0 Å². The summed E-state index contributed by atoms with van der Waals surface area (Å²) in [7, 11) is 0. The minimum absolute atomic E-state index is 0.114. The summed E-state index contributed by atoms with van der Waals surface area (Å²) < 4.78 is 5.48. The average Bonchev–Trinajstić information content (AvgIpc) is 3.12. The summed E-state index contributed by atoms with van der Waals surface area (Å²) in [5.74, 6) is 0.275. The lowest BCUT2D eigenvalue weighted by Gasteiger charge is -2.07. The van der Waals surface area contributed by atoms with Gasteiger partial charge < -0.3 is 4.74 Å². The monoisotopic (exact) mass is 375 g/mol. The Morgan fingerprint density at radius 1 is 1.15 bits per heavy atom. The van der Waals surface area contributed by atoms with Crippen LogP contribution in [-0.2, 0) is 4.79 Å². The molecule has 1 heterocycles. The molecular formula is C21H17N3O2S. The van der Waals surface area contributed by atoms with Crippen molar-refractivity contribution >= 4 is 23.5 Å². The molecule has 0 fully saturated rings. The Labute approximate surface area is 161 Å². The zero-order valence-corrected chi connectivity index (χ0v) is 15.5. The molecule has 5 nitrogen and oxygen atoms in total. The van der Waals surface area contributed by atoms with Gasteiger partial charge in [0, 0.05) is 4.88 Å². The number of amides is 1. The lowest BCUT2D eigenvalue weighted by atomic mass is 10.0. The summed E-state index contributed by atoms with van der Waals surface area (Å²) >= 11 is 1.57. The molecule has 0 saturated heterocycles. The van der Waals surface area contributed by atoms with Gasteiger partial charge in [0.25, 0.3) is 5.91 Å². The van der Waals surface area contributed by atoms with Crippen LogP contribution in [0.15, 0.2) is 65.1 Å². The minimum atomic E-state index is -0.323. The van der Waals surface area contributed by atoms with Gasteiger partial charge in [-0.15, -0.1) is 11.3 Å². The molecule has 3 aromatic rings. The summed E-state index contributed by atoms with van der Waals surface area (Å²) in [4.78, 5) is 12.8. The highest BCUT2D eigenvalue weighted by molar-refractivity contribution is 7.11. The van der Waals surface area contributed by atoms with Crippen LogP contribution >= 0.6 is 11.3 Å². The highest BCUT2D eigenvalue weighted by atomic mass is 32.1. The van der Waals surface area contributed by atoms with E-state index in [4.69, 9.17) is 10.00 Å². The second-order valence-corrected chi connectivity index (χ2v) is 6.71. The molecule has 0 atom stereocenters. The summed E-state index contributed by atoms with van der Waals surface area (Å²) in [5.41, 5.74) is 6.22. The average molecular weight is 375 g/mol. The normalized spacial score (nSPS) is 10.5. The van der Waals surface area contributed by atoms with Crippen LogP contribution in [0.3, 0.4) is 0 Å². The molecular weight excluding hydrogens is 358 g/mol. The van der Waals surface area contributed by atoms with Crippen molar-refractivity contribution in [1.82, 2.24) is 5.43 Å². The maximum absolute atomic E-state index is 11.8. The van der Waals surface area contributed by atoms with Gasteiger partial charge in [0.05, 0.1) is 17.8 Å². The Kier molecular flexibility index (Phi) is 5.98. The second kappa shape index (κ2) is 8.79. The summed E-state index contributed by atoms with van der Waals surface area (Å²) in [6.07, 6.45) is 1.63. The number of nitrogens with zero attached hydrogens (tertiary/aromatic N) is 2. The maximum Gasteiger partial charge on any atom is 0.277 e. The standard InChI is InChI=1S/C21H17N3O2S/c1-15-10-11-27-20(15)13-23-24-21(25)14-26-19-8-6-18(7-9-19)17-4-2-16(12-22)3-5-17/h2-11,13H,14H2,1H3,(H,24,25). The fourth-order valence-corrected chi connectivity index (χ4v) is 3.13. The van der Waals surface area contributed by atoms with E-state index in [0.717, 1.165) is 21.6 Å². The van der Waals surface area contributed by atoms with E-state index in [1.165, 1.54) is 0 Å². The van der Waals surface area contributed by atoms with Crippen molar-refractivity contribution in [3.63, 3.8) is 0 Å². The van der Waals surface area contributed by atoms with Crippen LogP contribution in [0.4, 0.5) is 0 Å². The zero-order valence-electron chi connectivity index (χ0n) is 14.7. The highest BCUT2D eigenvalue weighted by Gasteiger charge is 2.03. The number of aryl methyl sites for hydroxylation is 1. The molecule has 0 spiro atoms. The summed E-state index contributed by atoms with van der Waals surface area (Å²) in [6.45, 7) is 1.88. The Bertz CT molecular complexity index is 984. The minimum Gasteiger partial charge on any atom is -0.484 e. The first-order valence-electron chi connectivity index (χ1n) is 8.25. The molecule has 0 saturated carbocycles. The molecule has 0 radical (unpaired) electrons. The van der Waals surface area contributed by atoms with Gasteiger partial charge in [-0.05, 0) is 59.3 Å². The van der Waals surface area contributed by atoms with Crippen LogP contribution in [0.2, 0.25) is 0 Å². The van der Waals surface area contributed by atoms with Gasteiger partial charge in [0.2, 0.25) is 0 Å². The van der Waals surface area contributed by atoms with Crippen molar-refractivity contribution in [2.45, 2.75) is 6.92 Å². The number of carbonyl (C=O) groups is 1. The van der Waals surface area contributed by atoms with Crippen LogP contribution in [-0.4, -0.2) is 18.7 Å². The predicted molar refractivity (Wildman–Crippen MR) is 107 cm³/mol. The number of nitrogens with one attached hydrogen (secondary N) is 1. The van der Waals surface area contributed by atoms with Gasteiger partial charge in [-0.2, -0.15) is 10.4 Å². The number of thiophene rings is 1. The molecule has 27 heavy (non-hydrogen) atoms. The van der Waals surface area contributed by atoms with Gasteiger partial charge in [-0.3, -0.25) is 4.79 Å². The van der Waals surface area contributed by atoms with E-state index in [2.05, 4.69) is 16.6 Å². The number of hydrogen-bond donors (Lipinski definition) is 1. The van der Waals surface area contributed by atoms with Gasteiger partial charge in [0.1, 0.15) is 5.75 Å². The third-order valence-electron chi connectivity index (χ3n) is 3.84. The van der Waals surface area contributed by atoms with Gasteiger partial charge in [-0.1, -0.05) is 24.3 Å². The molecule has 1 amide bonds. The Morgan fingerprint density at radius 3 is 2.41 bits per heavy atom. The van der Waals surface area contributed by atoms with Crippen molar-refractivity contribution in [1.29, 1.82) is 5.26 Å². The first-order valence-corrected chi connectivity index (χ1v) is 9.13. The predicted octanol–water partition coefficient (Wildman–Crippen LogP) is 4.12. The number of benzene rings is 2. The first-order chi connectivity index (χ1) is 13.2. The third kappa shape index (κ3) is 5.03. The summed E-state index contributed by atoms with van der Waals surface area (Å²) in [6, 6.07) is 18.9. The van der Waals surface area contributed by atoms with Crippen molar-refractivity contribution in [2.75, 3.05) is 6.61 Å². The first kappa shape index (κ1) is 18.4. The van der Waals surface area contributed by atoms with Crippen molar-refractivity contribution in [3.8, 4) is 22.9 Å². The summed E-state index contributed by atoms with van der Waals surface area (Å²) in [5, 5.41) is 14.8. The van der Waals surface area contributed by atoms with Crippen molar-refractivity contribution in [2.24, 2.45) is 5.10 Å². The molecule has 134 valence electrons. The number of carbonyl (C=O) groups excluding carboxylic acids is 1. The Balaban J connectivity index is 1.51. The number of rotatable bonds is 6. The number of hydrogen-bond acceptors (Lipinski definition) is 5. The molecule has 2 aromatic carbocycles. The third-order valence-corrected chi connectivity index (χ3v) is 4.80. The largest absolute Gasteiger partial charge is 0.484 e. The fourth-order valence-electron chi connectivity index (χ4n) is 2.34. The van der Waals surface area contributed by atoms with E-state index in [-0.39, 0.29) is 12.5 Å². The molecule has 0 bridgehead atoms. The molecule has 0 unspecified atom stereocenters. The highest BCUT2D eigenvalue weighted by Crippen LogP contribution is 2.22. The van der Waals surface area contributed by atoms with E-state index in [0.29, 0.717) is 11.3 Å². The second-order valence-electron chi connectivity index (χ2n) is 5.76. The molecule has 3 rings (SSSR count). The molecule has 6 heteroatoms. The maximum atomic E-state index is 11.8. The Hall–Kier alpha value is -3.43. The molecule has 1 N–H and O–H groups in total. The quantitative estimate of drug-likeness (QED) is 0.520. The van der Waals surface area contributed by atoms with Crippen LogP contribution in [0.1, 0.15) is 16.0 Å². The smallest absolute Gasteiger partial charge is 0.277 e. The lowest BCUT2D eigenvalue weighted by molar-refractivity contribution is -0.123.